The van der Waals surface area contributed by atoms with Gasteiger partial charge in [-0.3, -0.25) is 0 Å². The molecule has 0 spiro atoms. The van der Waals surface area contributed by atoms with Crippen LogP contribution >= 0.6 is 63.7 Å². The Morgan fingerprint density at radius 3 is 0.767 bits per heavy atom. The van der Waals surface area contributed by atoms with Crippen LogP contribution in [0.1, 0.15) is 0 Å². The van der Waals surface area contributed by atoms with Crippen LogP contribution in [-0.4, -0.2) is 6.15 Å². The zero-order valence-corrected chi connectivity index (χ0v) is 24.7. The monoisotopic (exact) mass is 654 g/mol. The Labute approximate surface area is 233 Å². The number of benzene rings is 4. The molecule has 4 rings (SSSR count). The molecule has 4 aromatic rings. The molecule has 0 aromatic heterocycles. The fourth-order valence-electron chi connectivity index (χ4n) is 4.31. The molecule has 0 fully saturated rings. The minimum atomic E-state index is -1.50. The largest absolute Gasteiger partial charge is 1.00 e. The van der Waals surface area contributed by atoms with E-state index < -0.39 is 6.15 Å². The molecule has 0 heterocycles. The van der Waals surface area contributed by atoms with Gasteiger partial charge >= 0.3 is 29.6 Å². The number of hydrogen-bond donors (Lipinski definition) is 0. The molecule has 0 unspecified atom stereocenters. The SMILES string of the molecule is Brc1ccccc1[B-](c1ccccc1Br)(c1ccccc1Br)c1ccccc1Br.[Na+]. The molecule has 144 valence electrons. The first-order valence-electron chi connectivity index (χ1n) is 9.22. The average molecular weight is 658 g/mol. The van der Waals surface area contributed by atoms with Gasteiger partial charge < -0.3 is 0 Å². The molecule has 0 aliphatic heterocycles. The molecule has 6 heteroatoms. The van der Waals surface area contributed by atoms with Gasteiger partial charge in [-0.15, -0.1) is 0 Å². The summed E-state index contributed by atoms with van der Waals surface area (Å²) in [5, 5.41) is 0. The summed E-state index contributed by atoms with van der Waals surface area (Å²) in [6.07, 6.45) is -1.50. The fourth-order valence-corrected chi connectivity index (χ4v) is 6.82. The van der Waals surface area contributed by atoms with Crippen LogP contribution in [-0.2, 0) is 0 Å². The predicted octanol–water partition coefficient (Wildman–Crippen LogP) is 3.12. The van der Waals surface area contributed by atoms with Gasteiger partial charge in [-0.05, 0) is 17.9 Å². The van der Waals surface area contributed by atoms with Gasteiger partial charge in [0.1, 0.15) is 6.15 Å². The van der Waals surface area contributed by atoms with Gasteiger partial charge in [-0.25, -0.2) is 0 Å². The third kappa shape index (κ3) is 4.37. The van der Waals surface area contributed by atoms with Crippen molar-refractivity contribution in [1.29, 1.82) is 0 Å². The normalized spacial score (nSPS) is 11.1. The van der Waals surface area contributed by atoms with Crippen molar-refractivity contribution < 1.29 is 29.6 Å². The van der Waals surface area contributed by atoms with E-state index in [1.165, 1.54) is 21.9 Å². The van der Waals surface area contributed by atoms with Crippen LogP contribution in [0.5, 0.6) is 0 Å². The van der Waals surface area contributed by atoms with E-state index in [0.29, 0.717) is 0 Å². The standard InChI is InChI=1S/C24H16BBr4.Na/c26-21-13-5-1-9-17(21)25(18-10-2-6-14-22(18)27,19-11-3-7-15-23(19)28)20-12-4-8-16-24(20)29;/h1-16H;/q-1;+1. The third-order valence-electron chi connectivity index (χ3n) is 5.49. The van der Waals surface area contributed by atoms with Gasteiger partial charge in [0, 0.05) is 0 Å². The van der Waals surface area contributed by atoms with E-state index >= 15 is 0 Å². The third-order valence-corrected chi connectivity index (χ3v) is 8.38. The second-order valence-corrected chi connectivity index (χ2v) is 10.4. The van der Waals surface area contributed by atoms with Crippen molar-refractivity contribution in [1.82, 2.24) is 0 Å². The van der Waals surface area contributed by atoms with Crippen molar-refractivity contribution in [3.63, 3.8) is 0 Å². The molecule has 0 N–H and O–H groups in total. The van der Waals surface area contributed by atoms with Gasteiger partial charge in [0.25, 0.3) is 0 Å². The zero-order valence-electron chi connectivity index (χ0n) is 16.3. The summed E-state index contributed by atoms with van der Waals surface area (Å²) in [4.78, 5) is 0. The Bertz CT molecular complexity index is 991. The summed E-state index contributed by atoms with van der Waals surface area (Å²) in [6.45, 7) is 0. The first kappa shape index (κ1) is 24.5. The molecule has 0 aliphatic rings. The number of hydrogen-bond acceptors (Lipinski definition) is 0. The molecule has 0 nitrogen and oxygen atoms in total. The zero-order chi connectivity index (χ0) is 20.4. The van der Waals surface area contributed by atoms with E-state index in [9.17, 15) is 0 Å². The molecule has 0 amide bonds. The van der Waals surface area contributed by atoms with Crippen LogP contribution in [0.3, 0.4) is 0 Å². The topological polar surface area (TPSA) is 0 Å². The van der Waals surface area contributed by atoms with Crippen molar-refractivity contribution in [2.45, 2.75) is 0 Å². The van der Waals surface area contributed by atoms with Crippen molar-refractivity contribution in [2.24, 2.45) is 0 Å². The molecule has 4 aromatic carbocycles. The van der Waals surface area contributed by atoms with E-state index in [0.717, 1.165) is 17.9 Å². The van der Waals surface area contributed by atoms with Crippen LogP contribution in [0.25, 0.3) is 0 Å². The van der Waals surface area contributed by atoms with Crippen LogP contribution in [0.15, 0.2) is 115 Å². The predicted molar refractivity (Wildman–Crippen MR) is 141 cm³/mol. The summed E-state index contributed by atoms with van der Waals surface area (Å²) in [7, 11) is 0. The summed E-state index contributed by atoms with van der Waals surface area (Å²) in [6, 6.07) is 34.1. The molecule has 0 saturated heterocycles. The Morgan fingerprint density at radius 2 is 0.567 bits per heavy atom. The molecular formula is C24H16BBr4Na. The van der Waals surface area contributed by atoms with Crippen LogP contribution in [0, 0.1) is 0 Å². The Morgan fingerprint density at radius 1 is 0.367 bits per heavy atom. The summed E-state index contributed by atoms with van der Waals surface area (Å²) in [5.74, 6) is 0. The quantitative estimate of drug-likeness (QED) is 0.296. The smallest absolute Gasteiger partial charge is 0.181 e. The van der Waals surface area contributed by atoms with Crippen molar-refractivity contribution in [3.8, 4) is 0 Å². The Hall–Kier alpha value is -0.135. The van der Waals surface area contributed by atoms with E-state index in [1.54, 1.807) is 0 Å². The van der Waals surface area contributed by atoms with Crippen LogP contribution in [0.4, 0.5) is 0 Å². The summed E-state index contributed by atoms with van der Waals surface area (Å²) >= 11 is 15.5. The molecule has 0 radical (unpaired) electrons. The van der Waals surface area contributed by atoms with Crippen LogP contribution < -0.4 is 51.4 Å². The maximum Gasteiger partial charge on any atom is 1.00 e. The molecule has 0 bridgehead atoms. The van der Waals surface area contributed by atoms with Crippen molar-refractivity contribution >= 4 is 91.7 Å². The average Bonchev–Trinajstić information content (AvgIpc) is 2.73. The second kappa shape index (κ2) is 10.7. The van der Waals surface area contributed by atoms with Gasteiger partial charge in [-0.2, -0.15) is 21.9 Å². The van der Waals surface area contributed by atoms with Gasteiger partial charge in [-0.1, -0.05) is 161 Å². The Balaban J connectivity index is 0.00000256. The molecular weight excluding hydrogens is 642 g/mol. The fraction of sp³-hybridized carbons (Fsp3) is 0. The first-order valence-corrected chi connectivity index (χ1v) is 12.4. The van der Waals surface area contributed by atoms with E-state index in [4.69, 9.17) is 0 Å². The van der Waals surface area contributed by atoms with Crippen molar-refractivity contribution in [2.75, 3.05) is 0 Å². The number of rotatable bonds is 4. The van der Waals surface area contributed by atoms with Crippen molar-refractivity contribution in [3.05, 3.63) is 115 Å². The Kier molecular flexibility index (Phi) is 8.70. The summed E-state index contributed by atoms with van der Waals surface area (Å²) < 4.78 is 4.34. The van der Waals surface area contributed by atoms with Gasteiger partial charge in [0.05, 0.1) is 0 Å². The molecule has 0 aliphatic carbocycles. The molecule has 0 atom stereocenters. The molecule has 0 saturated carbocycles. The van der Waals surface area contributed by atoms with E-state index in [1.807, 2.05) is 0 Å². The first-order chi connectivity index (χ1) is 14.1. The van der Waals surface area contributed by atoms with Crippen LogP contribution in [0.2, 0.25) is 0 Å². The summed E-state index contributed by atoms with van der Waals surface area (Å²) in [5.41, 5.74) is 4.94. The minimum absolute atomic E-state index is 0. The maximum atomic E-state index is 3.87. The number of halogens is 4. The van der Waals surface area contributed by atoms with E-state index in [2.05, 4.69) is 161 Å². The minimum Gasteiger partial charge on any atom is -0.181 e. The van der Waals surface area contributed by atoms with E-state index in [-0.39, 0.29) is 29.6 Å². The maximum absolute atomic E-state index is 3.87. The second-order valence-electron chi connectivity index (χ2n) is 6.95. The molecule has 30 heavy (non-hydrogen) atoms. The van der Waals surface area contributed by atoms with Gasteiger partial charge in [0.2, 0.25) is 0 Å². The van der Waals surface area contributed by atoms with Gasteiger partial charge in [0.15, 0.2) is 0 Å².